The van der Waals surface area contributed by atoms with Crippen LogP contribution in [0.15, 0.2) is 54.6 Å². The molecule has 0 atom stereocenters. The molecule has 3 rings (SSSR count). The average molecular weight is 438 g/mol. The average Bonchev–Trinajstić information content (AvgIpc) is 2.81. The van der Waals surface area contributed by atoms with Gasteiger partial charge in [0.1, 0.15) is 0 Å². The van der Waals surface area contributed by atoms with Gasteiger partial charge in [-0.2, -0.15) is 0 Å². The maximum absolute atomic E-state index is 12.2. The monoisotopic (exact) mass is 437 g/mol. The molecule has 0 saturated carbocycles. The van der Waals surface area contributed by atoms with Crippen molar-refractivity contribution in [2.45, 2.75) is 26.4 Å². The molecule has 0 unspecified atom stereocenters. The van der Waals surface area contributed by atoms with Crippen molar-refractivity contribution >= 4 is 17.6 Å². The number of nitrogens with zero attached hydrogens (tertiary/aromatic N) is 3. The van der Waals surface area contributed by atoms with Crippen LogP contribution in [-0.2, 0) is 17.9 Å². The number of carbonyl (C=O) groups excluding carboxylic acids is 2. The number of likely N-dealkylation sites (N-methyl/N-ethyl adjacent to an activating group) is 1. The fourth-order valence-electron chi connectivity index (χ4n) is 3.79. The first kappa shape index (κ1) is 23.8. The molecule has 0 spiro atoms. The number of hydrogen-bond donors (Lipinski definition) is 2. The first-order valence-corrected chi connectivity index (χ1v) is 11.4. The molecule has 2 aromatic carbocycles. The lowest BCUT2D eigenvalue weighted by Crippen LogP contribution is -2.45. The highest BCUT2D eigenvalue weighted by atomic mass is 16.2. The molecular formula is C25H35N5O2. The molecule has 1 aliphatic rings. The summed E-state index contributed by atoms with van der Waals surface area (Å²) in [6.07, 6.45) is 0.231. The molecule has 3 amide bonds. The molecule has 172 valence electrons. The van der Waals surface area contributed by atoms with Crippen LogP contribution in [0.3, 0.4) is 0 Å². The first-order valence-electron chi connectivity index (χ1n) is 11.4. The highest BCUT2D eigenvalue weighted by Crippen LogP contribution is 2.13. The minimum atomic E-state index is -0.189. The molecule has 0 bridgehead atoms. The van der Waals surface area contributed by atoms with E-state index in [1.807, 2.05) is 42.5 Å². The number of benzene rings is 2. The Bertz CT molecular complexity index is 848. The largest absolute Gasteiger partial charge is 0.337 e. The van der Waals surface area contributed by atoms with Gasteiger partial charge in [0.25, 0.3) is 0 Å². The van der Waals surface area contributed by atoms with Crippen LogP contribution in [0.4, 0.5) is 10.5 Å². The summed E-state index contributed by atoms with van der Waals surface area (Å²) in [5.74, 6) is -0.112. The van der Waals surface area contributed by atoms with Gasteiger partial charge in [-0.25, -0.2) is 4.79 Å². The van der Waals surface area contributed by atoms with E-state index in [1.165, 1.54) is 5.56 Å². The minimum absolute atomic E-state index is 0.112. The van der Waals surface area contributed by atoms with E-state index in [4.69, 9.17) is 0 Å². The van der Waals surface area contributed by atoms with Gasteiger partial charge in [0, 0.05) is 65.0 Å². The van der Waals surface area contributed by atoms with Crippen LogP contribution in [0.5, 0.6) is 0 Å². The lowest BCUT2D eigenvalue weighted by molar-refractivity contribution is -0.116. The highest BCUT2D eigenvalue weighted by Gasteiger charge is 2.15. The maximum atomic E-state index is 12.2. The normalized spacial score (nSPS) is 14.7. The second kappa shape index (κ2) is 12.2. The van der Waals surface area contributed by atoms with Gasteiger partial charge in [0.15, 0.2) is 0 Å². The molecule has 2 N–H and O–H groups in total. The topological polar surface area (TPSA) is 67.9 Å². The number of nitrogens with one attached hydrogen (secondary N) is 2. The van der Waals surface area contributed by atoms with Crippen molar-refractivity contribution in [1.82, 2.24) is 20.0 Å². The van der Waals surface area contributed by atoms with Crippen LogP contribution >= 0.6 is 0 Å². The van der Waals surface area contributed by atoms with Gasteiger partial charge in [0.05, 0.1) is 0 Å². The van der Waals surface area contributed by atoms with Crippen molar-refractivity contribution < 1.29 is 9.59 Å². The third-order valence-corrected chi connectivity index (χ3v) is 5.79. The summed E-state index contributed by atoms with van der Waals surface area (Å²) in [5.41, 5.74) is 3.10. The SMILES string of the molecule is CCN1CCN(Cc2ccc(NC(=O)CCNC(=O)N(C)Cc3ccccc3)cc2)CC1. The fraction of sp³-hybridized carbons (Fsp3) is 0.440. The third-order valence-electron chi connectivity index (χ3n) is 5.79. The van der Waals surface area contributed by atoms with Crippen LogP contribution < -0.4 is 10.6 Å². The summed E-state index contributed by atoms with van der Waals surface area (Å²) < 4.78 is 0. The number of rotatable bonds is 9. The molecule has 0 aliphatic carbocycles. The van der Waals surface area contributed by atoms with E-state index in [0.717, 1.165) is 50.5 Å². The third kappa shape index (κ3) is 7.66. The molecule has 0 aromatic heterocycles. The molecular weight excluding hydrogens is 402 g/mol. The summed E-state index contributed by atoms with van der Waals surface area (Å²) in [7, 11) is 1.74. The van der Waals surface area contributed by atoms with Gasteiger partial charge in [-0.05, 0) is 29.8 Å². The van der Waals surface area contributed by atoms with Crippen LogP contribution in [0.2, 0.25) is 0 Å². The molecule has 32 heavy (non-hydrogen) atoms. The Morgan fingerprint density at radius 1 is 0.906 bits per heavy atom. The van der Waals surface area contributed by atoms with Crippen LogP contribution in [0.25, 0.3) is 0 Å². The van der Waals surface area contributed by atoms with Crippen LogP contribution in [0, 0.1) is 0 Å². The zero-order valence-corrected chi connectivity index (χ0v) is 19.2. The Balaban J connectivity index is 1.34. The molecule has 2 aromatic rings. The molecule has 0 radical (unpaired) electrons. The zero-order valence-electron chi connectivity index (χ0n) is 19.2. The highest BCUT2D eigenvalue weighted by molar-refractivity contribution is 5.91. The second-order valence-corrected chi connectivity index (χ2v) is 8.28. The Labute approximate surface area is 191 Å². The molecule has 7 heteroatoms. The van der Waals surface area contributed by atoms with Crippen molar-refractivity contribution in [2.75, 3.05) is 51.6 Å². The van der Waals surface area contributed by atoms with Gasteiger partial charge in [-0.3, -0.25) is 9.69 Å². The van der Waals surface area contributed by atoms with E-state index in [2.05, 4.69) is 39.5 Å². The smallest absolute Gasteiger partial charge is 0.317 e. The van der Waals surface area contributed by atoms with Gasteiger partial charge in [0.2, 0.25) is 5.91 Å². The molecule has 1 fully saturated rings. The van der Waals surface area contributed by atoms with E-state index in [1.54, 1.807) is 11.9 Å². The lowest BCUT2D eigenvalue weighted by atomic mass is 10.1. The fourth-order valence-corrected chi connectivity index (χ4v) is 3.79. The van der Waals surface area contributed by atoms with Gasteiger partial charge < -0.3 is 20.4 Å². The van der Waals surface area contributed by atoms with Crippen molar-refractivity contribution in [3.05, 3.63) is 65.7 Å². The Morgan fingerprint density at radius 2 is 1.56 bits per heavy atom. The quantitative estimate of drug-likeness (QED) is 0.633. The number of anilines is 1. The summed E-state index contributed by atoms with van der Waals surface area (Å²) in [6.45, 7) is 9.54. The summed E-state index contributed by atoms with van der Waals surface area (Å²) >= 11 is 0. The number of amides is 3. The molecule has 7 nitrogen and oxygen atoms in total. The van der Waals surface area contributed by atoms with E-state index < -0.39 is 0 Å². The summed E-state index contributed by atoms with van der Waals surface area (Å²) in [6, 6.07) is 17.7. The van der Waals surface area contributed by atoms with Gasteiger partial charge in [-0.1, -0.05) is 49.4 Å². The molecule has 1 heterocycles. The van der Waals surface area contributed by atoms with E-state index in [0.29, 0.717) is 13.1 Å². The van der Waals surface area contributed by atoms with Crippen molar-refractivity contribution in [1.29, 1.82) is 0 Å². The second-order valence-electron chi connectivity index (χ2n) is 8.28. The number of piperazine rings is 1. The van der Waals surface area contributed by atoms with Gasteiger partial charge in [-0.15, -0.1) is 0 Å². The lowest BCUT2D eigenvalue weighted by Gasteiger charge is -2.34. The Morgan fingerprint density at radius 3 is 2.22 bits per heavy atom. The van der Waals surface area contributed by atoms with E-state index in [-0.39, 0.29) is 18.4 Å². The molecule has 1 saturated heterocycles. The predicted molar refractivity (Wildman–Crippen MR) is 128 cm³/mol. The standard InChI is InChI=1S/C25H35N5O2/c1-3-29-15-17-30(18-16-29)20-22-9-11-23(12-10-22)27-24(31)13-14-26-25(32)28(2)19-21-7-5-4-6-8-21/h4-12H,3,13-20H2,1-2H3,(H,26,32)(H,27,31). The first-order chi connectivity index (χ1) is 15.5. The Hall–Kier alpha value is -2.90. The van der Waals surface area contributed by atoms with Crippen molar-refractivity contribution in [3.8, 4) is 0 Å². The summed E-state index contributed by atoms with van der Waals surface area (Å²) in [5, 5.41) is 5.70. The number of hydrogen-bond acceptors (Lipinski definition) is 4. The van der Waals surface area contributed by atoms with E-state index in [9.17, 15) is 9.59 Å². The zero-order chi connectivity index (χ0) is 22.8. The maximum Gasteiger partial charge on any atom is 0.317 e. The van der Waals surface area contributed by atoms with E-state index >= 15 is 0 Å². The molecule has 1 aliphatic heterocycles. The Kier molecular flexibility index (Phi) is 9.07. The number of carbonyl (C=O) groups is 2. The van der Waals surface area contributed by atoms with Crippen LogP contribution in [-0.4, -0.2) is 73.0 Å². The minimum Gasteiger partial charge on any atom is -0.337 e. The predicted octanol–water partition coefficient (Wildman–Crippen LogP) is 2.99. The van der Waals surface area contributed by atoms with Crippen molar-refractivity contribution in [2.24, 2.45) is 0 Å². The van der Waals surface area contributed by atoms with Crippen molar-refractivity contribution in [3.63, 3.8) is 0 Å². The van der Waals surface area contributed by atoms with Crippen LogP contribution in [0.1, 0.15) is 24.5 Å². The number of urea groups is 1. The summed E-state index contributed by atoms with van der Waals surface area (Å²) in [4.78, 5) is 31.0. The van der Waals surface area contributed by atoms with Gasteiger partial charge >= 0.3 is 6.03 Å².